The molecule has 0 atom stereocenters. The SMILES string of the molecule is C=CCN(CC(=O)Nc1cccc(S(=O)(=O)Nc2nc3c(nc2Nc2cc(OC)cc(OC)c2)C=CCC3)c1)C1CCCC1. The number of aromatic nitrogens is 2. The van der Waals surface area contributed by atoms with Crippen LogP contribution in [0.25, 0.3) is 6.08 Å². The number of anilines is 4. The lowest BCUT2D eigenvalue weighted by molar-refractivity contribution is -0.117. The molecule has 0 saturated heterocycles. The van der Waals surface area contributed by atoms with Crippen molar-refractivity contribution in [1.82, 2.24) is 14.9 Å². The molecule has 11 nitrogen and oxygen atoms in total. The number of ether oxygens (including phenoxy) is 2. The fourth-order valence-corrected chi connectivity index (χ4v) is 6.53. The summed E-state index contributed by atoms with van der Waals surface area (Å²) in [6.45, 7) is 4.65. The van der Waals surface area contributed by atoms with Crippen LogP contribution in [0.4, 0.5) is 23.0 Å². The van der Waals surface area contributed by atoms with Crippen molar-refractivity contribution >= 4 is 45.0 Å². The molecule has 5 rings (SSSR count). The summed E-state index contributed by atoms with van der Waals surface area (Å²) in [5.41, 5.74) is 2.30. The van der Waals surface area contributed by atoms with Gasteiger partial charge in [-0.25, -0.2) is 18.4 Å². The van der Waals surface area contributed by atoms with Crippen LogP contribution < -0.4 is 24.8 Å². The Bertz CT molecular complexity index is 1630. The predicted octanol–water partition coefficient (Wildman–Crippen LogP) is 5.37. The predicted molar refractivity (Wildman–Crippen MR) is 172 cm³/mol. The zero-order valence-corrected chi connectivity index (χ0v) is 25.8. The molecular formula is C32H38N6O5S. The average molecular weight is 619 g/mol. The third-order valence-corrected chi connectivity index (χ3v) is 8.98. The van der Waals surface area contributed by atoms with Crippen molar-refractivity contribution in [2.75, 3.05) is 42.7 Å². The molecule has 0 radical (unpaired) electrons. The summed E-state index contributed by atoms with van der Waals surface area (Å²) in [6.07, 6.45) is 11.5. The lowest BCUT2D eigenvalue weighted by atomic mass is 10.1. The first kappa shape index (κ1) is 31.0. The third-order valence-electron chi connectivity index (χ3n) is 7.65. The number of amides is 1. The molecule has 0 spiro atoms. The van der Waals surface area contributed by atoms with Gasteiger partial charge in [0.15, 0.2) is 11.6 Å². The number of carbonyl (C=O) groups excluding carboxylic acids is 1. The first-order valence-electron chi connectivity index (χ1n) is 14.6. The first-order valence-corrected chi connectivity index (χ1v) is 16.1. The van der Waals surface area contributed by atoms with E-state index >= 15 is 0 Å². The van der Waals surface area contributed by atoms with Crippen LogP contribution in [-0.2, 0) is 21.2 Å². The second kappa shape index (κ2) is 13.9. The molecule has 2 aromatic carbocycles. The molecule has 0 aliphatic heterocycles. The number of hydrogen-bond acceptors (Lipinski definition) is 9. The number of nitrogens with zero attached hydrogens (tertiary/aromatic N) is 3. The zero-order valence-electron chi connectivity index (χ0n) is 25.0. The number of sulfonamides is 1. The Balaban J connectivity index is 1.38. The molecule has 1 saturated carbocycles. The highest BCUT2D eigenvalue weighted by Crippen LogP contribution is 2.32. The monoisotopic (exact) mass is 618 g/mol. The minimum absolute atomic E-state index is 0.0255. The van der Waals surface area contributed by atoms with Gasteiger partial charge in [0.05, 0.1) is 37.0 Å². The van der Waals surface area contributed by atoms with E-state index in [2.05, 4.69) is 31.8 Å². The van der Waals surface area contributed by atoms with Gasteiger partial charge in [0, 0.05) is 42.2 Å². The van der Waals surface area contributed by atoms with Crippen LogP contribution in [-0.4, -0.2) is 62.5 Å². The molecule has 1 fully saturated rings. The number of benzene rings is 2. The summed E-state index contributed by atoms with van der Waals surface area (Å²) < 4.78 is 40.7. The van der Waals surface area contributed by atoms with Gasteiger partial charge in [0.1, 0.15) is 11.5 Å². The van der Waals surface area contributed by atoms with E-state index in [0.29, 0.717) is 53.3 Å². The van der Waals surface area contributed by atoms with Gasteiger partial charge in [-0.1, -0.05) is 31.1 Å². The van der Waals surface area contributed by atoms with Crippen LogP contribution in [0.5, 0.6) is 11.5 Å². The van der Waals surface area contributed by atoms with E-state index in [1.807, 2.05) is 12.2 Å². The fraction of sp³-hybridized carbons (Fsp3) is 0.344. The Hall–Kier alpha value is -4.42. The van der Waals surface area contributed by atoms with Crippen LogP contribution in [0.2, 0.25) is 0 Å². The maximum Gasteiger partial charge on any atom is 0.263 e. The van der Waals surface area contributed by atoms with Crippen molar-refractivity contribution in [1.29, 1.82) is 0 Å². The number of allylic oxidation sites excluding steroid dienone is 1. The number of methoxy groups -OCH3 is 2. The molecule has 12 heteroatoms. The molecule has 2 aliphatic carbocycles. The van der Waals surface area contributed by atoms with Crippen LogP contribution in [0.1, 0.15) is 43.5 Å². The van der Waals surface area contributed by atoms with Gasteiger partial charge in [0.2, 0.25) is 5.91 Å². The van der Waals surface area contributed by atoms with E-state index < -0.39 is 10.0 Å². The number of rotatable bonds is 13. The second-order valence-electron chi connectivity index (χ2n) is 10.8. The number of carbonyl (C=O) groups is 1. The Morgan fingerprint density at radius 3 is 2.50 bits per heavy atom. The smallest absolute Gasteiger partial charge is 0.263 e. The van der Waals surface area contributed by atoms with E-state index in [1.165, 1.54) is 12.1 Å². The van der Waals surface area contributed by atoms with Gasteiger partial charge in [-0.3, -0.25) is 14.4 Å². The van der Waals surface area contributed by atoms with Crippen LogP contribution in [0, 0.1) is 0 Å². The molecule has 1 heterocycles. The van der Waals surface area contributed by atoms with Crippen molar-refractivity contribution in [3.05, 3.63) is 72.6 Å². The standard InChI is InChI=1S/C32H38N6O5S/c1-4-16-38(24-11-5-6-12-24)21-30(39)33-22-10-9-13-27(19-22)44(40,41)37-32-31(35-28-14-7-8-15-29(28)36-32)34-23-17-25(42-2)20-26(18-23)43-3/h4,7,9-10,13-14,17-20,24H,1,5-6,8,11-12,15-16,21H2,2-3H3,(H,33,39)(H,34,35)(H,36,37). The molecule has 1 aromatic heterocycles. The Labute approximate surface area is 258 Å². The quantitative estimate of drug-likeness (QED) is 0.216. The number of fused-ring (bicyclic) bond motifs is 1. The van der Waals surface area contributed by atoms with Gasteiger partial charge in [-0.05, 0) is 50.0 Å². The minimum Gasteiger partial charge on any atom is -0.497 e. The Morgan fingerprint density at radius 2 is 1.80 bits per heavy atom. The molecule has 2 aliphatic rings. The van der Waals surface area contributed by atoms with Gasteiger partial charge >= 0.3 is 0 Å². The fourth-order valence-electron chi connectivity index (χ4n) is 5.48. The molecule has 0 unspecified atom stereocenters. The maximum absolute atomic E-state index is 13.7. The molecule has 0 bridgehead atoms. The highest BCUT2D eigenvalue weighted by Gasteiger charge is 2.25. The van der Waals surface area contributed by atoms with Gasteiger partial charge in [-0.15, -0.1) is 6.58 Å². The number of hydrogen-bond donors (Lipinski definition) is 3. The summed E-state index contributed by atoms with van der Waals surface area (Å²) in [7, 11) is -1.02. The third kappa shape index (κ3) is 7.56. The summed E-state index contributed by atoms with van der Waals surface area (Å²) in [6, 6.07) is 11.7. The Kier molecular flexibility index (Phi) is 9.81. The summed E-state index contributed by atoms with van der Waals surface area (Å²) in [5, 5.41) is 6.03. The summed E-state index contributed by atoms with van der Waals surface area (Å²) in [5.74, 6) is 1.15. The molecule has 44 heavy (non-hydrogen) atoms. The van der Waals surface area contributed by atoms with E-state index in [9.17, 15) is 13.2 Å². The van der Waals surface area contributed by atoms with Crippen LogP contribution in [0.15, 0.2) is 66.1 Å². The van der Waals surface area contributed by atoms with Crippen LogP contribution >= 0.6 is 0 Å². The normalized spacial score (nSPS) is 14.6. The van der Waals surface area contributed by atoms with Gasteiger partial charge < -0.3 is 20.1 Å². The van der Waals surface area contributed by atoms with E-state index in [4.69, 9.17) is 14.5 Å². The summed E-state index contributed by atoms with van der Waals surface area (Å²) >= 11 is 0. The van der Waals surface area contributed by atoms with Gasteiger partial charge in [0.25, 0.3) is 10.0 Å². The zero-order chi connectivity index (χ0) is 31.1. The molecule has 232 valence electrons. The number of aryl methyl sites for hydroxylation is 1. The maximum atomic E-state index is 13.7. The van der Waals surface area contributed by atoms with Crippen molar-refractivity contribution < 1.29 is 22.7 Å². The molecule has 1 amide bonds. The molecule has 3 N–H and O–H groups in total. The average Bonchev–Trinajstić information content (AvgIpc) is 3.56. The summed E-state index contributed by atoms with van der Waals surface area (Å²) in [4.78, 5) is 24.4. The van der Waals surface area contributed by atoms with Crippen molar-refractivity contribution in [2.45, 2.75) is 49.5 Å². The topological polar surface area (TPSA) is 135 Å². The Morgan fingerprint density at radius 1 is 1.05 bits per heavy atom. The highest BCUT2D eigenvalue weighted by atomic mass is 32.2. The van der Waals surface area contributed by atoms with E-state index in [-0.39, 0.29) is 29.0 Å². The highest BCUT2D eigenvalue weighted by molar-refractivity contribution is 7.92. The lowest BCUT2D eigenvalue weighted by Crippen LogP contribution is -2.39. The second-order valence-corrected chi connectivity index (χ2v) is 12.4. The lowest BCUT2D eigenvalue weighted by Gasteiger charge is -2.26. The van der Waals surface area contributed by atoms with Crippen molar-refractivity contribution in [2.24, 2.45) is 0 Å². The largest absolute Gasteiger partial charge is 0.497 e. The van der Waals surface area contributed by atoms with Crippen molar-refractivity contribution in [3.8, 4) is 11.5 Å². The first-order chi connectivity index (χ1) is 21.3. The van der Waals surface area contributed by atoms with E-state index in [1.54, 1.807) is 50.6 Å². The minimum atomic E-state index is -4.12. The van der Waals surface area contributed by atoms with Crippen LogP contribution in [0.3, 0.4) is 0 Å². The van der Waals surface area contributed by atoms with Crippen molar-refractivity contribution in [3.63, 3.8) is 0 Å². The molecular weight excluding hydrogens is 580 g/mol. The number of nitrogens with one attached hydrogen (secondary N) is 3. The van der Waals surface area contributed by atoms with Gasteiger partial charge in [-0.2, -0.15) is 0 Å². The van der Waals surface area contributed by atoms with E-state index in [0.717, 1.165) is 32.1 Å². The molecule has 3 aromatic rings.